The molecule has 106 valence electrons. The summed E-state index contributed by atoms with van der Waals surface area (Å²) < 4.78 is 5.94. The number of aromatic nitrogens is 1. The predicted octanol–water partition coefficient (Wildman–Crippen LogP) is 2.19. The van der Waals surface area contributed by atoms with Gasteiger partial charge in [0.05, 0.1) is 11.7 Å². The van der Waals surface area contributed by atoms with Crippen LogP contribution in [0.4, 0.5) is 5.82 Å². The molecular weight excluding hydrogens is 238 g/mol. The monoisotopic (exact) mass is 263 g/mol. The zero-order valence-corrected chi connectivity index (χ0v) is 12.4. The lowest BCUT2D eigenvalue weighted by Crippen LogP contribution is -2.52. The smallest absolute Gasteiger partial charge is 0.128 e. The first-order valence-electron chi connectivity index (χ1n) is 7.08. The molecule has 1 saturated heterocycles. The van der Waals surface area contributed by atoms with Crippen LogP contribution in [0, 0.1) is 0 Å². The molecule has 0 radical (unpaired) electrons. The van der Waals surface area contributed by atoms with E-state index in [9.17, 15) is 0 Å². The van der Waals surface area contributed by atoms with E-state index >= 15 is 0 Å². The molecule has 1 N–H and O–H groups in total. The molecule has 1 aromatic rings. The zero-order chi connectivity index (χ0) is 13.9. The second-order valence-corrected chi connectivity index (χ2v) is 5.87. The Kier molecular flexibility index (Phi) is 4.42. The third-order valence-corrected chi connectivity index (χ3v) is 3.28. The maximum absolute atomic E-state index is 5.94. The molecule has 0 aliphatic carbocycles. The predicted molar refractivity (Wildman–Crippen MR) is 78.5 cm³/mol. The number of hydrogen-bond donors (Lipinski definition) is 1. The number of anilines is 1. The van der Waals surface area contributed by atoms with E-state index in [2.05, 4.69) is 55.0 Å². The second kappa shape index (κ2) is 5.88. The molecule has 1 fully saturated rings. The molecule has 0 saturated carbocycles. The number of nitrogens with one attached hydrogen (secondary N) is 1. The number of morpholine rings is 1. The van der Waals surface area contributed by atoms with Gasteiger partial charge in [0.15, 0.2) is 0 Å². The van der Waals surface area contributed by atoms with Crippen LogP contribution >= 0.6 is 0 Å². The summed E-state index contributed by atoms with van der Waals surface area (Å²) in [6.45, 7) is 12.2. The maximum atomic E-state index is 5.94. The van der Waals surface area contributed by atoms with Gasteiger partial charge in [-0.3, -0.25) is 0 Å². The lowest BCUT2D eigenvalue weighted by molar-refractivity contribution is -0.0751. The lowest BCUT2D eigenvalue weighted by Gasteiger charge is -2.42. The van der Waals surface area contributed by atoms with Crippen LogP contribution < -0.4 is 10.2 Å². The summed E-state index contributed by atoms with van der Waals surface area (Å²) in [6.07, 6.45) is 2.14. The van der Waals surface area contributed by atoms with E-state index in [-0.39, 0.29) is 11.7 Å². The molecule has 4 nitrogen and oxygen atoms in total. The third-order valence-electron chi connectivity index (χ3n) is 3.28. The van der Waals surface area contributed by atoms with Gasteiger partial charge in [-0.25, -0.2) is 4.98 Å². The molecule has 4 heteroatoms. The van der Waals surface area contributed by atoms with Crippen LogP contribution in [0.15, 0.2) is 18.3 Å². The van der Waals surface area contributed by atoms with Gasteiger partial charge in [0.25, 0.3) is 0 Å². The Balaban J connectivity index is 2.12. The fourth-order valence-corrected chi connectivity index (χ4v) is 2.64. The van der Waals surface area contributed by atoms with Crippen LogP contribution in [-0.4, -0.2) is 36.3 Å². The number of hydrogen-bond acceptors (Lipinski definition) is 4. The topological polar surface area (TPSA) is 37.4 Å². The SMILES string of the molecule is CCNCc1ccnc(N2CC(C)OC(C)(C)C2)c1. The van der Waals surface area contributed by atoms with Crippen molar-refractivity contribution in [3.8, 4) is 0 Å². The molecule has 0 spiro atoms. The summed E-state index contributed by atoms with van der Waals surface area (Å²) in [7, 11) is 0. The van der Waals surface area contributed by atoms with Crippen LogP contribution in [-0.2, 0) is 11.3 Å². The van der Waals surface area contributed by atoms with E-state index in [1.807, 2.05) is 6.20 Å². The molecule has 0 aromatic carbocycles. The van der Waals surface area contributed by atoms with Gasteiger partial charge in [0, 0.05) is 25.8 Å². The van der Waals surface area contributed by atoms with Crippen LogP contribution in [0.3, 0.4) is 0 Å². The molecule has 2 heterocycles. The van der Waals surface area contributed by atoms with E-state index in [1.54, 1.807) is 0 Å². The van der Waals surface area contributed by atoms with Crippen molar-refractivity contribution in [1.82, 2.24) is 10.3 Å². The van der Waals surface area contributed by atoms with Crippen molar-refractivity contribution in [3.05, 3.63) is 23.9 Å². The first-order valence-corrected chi connectivity index (χ1v) is 7.08. The molecule has 1 aromatic heterocycles. The first-order chi connectivity index (χ1) is 9.00. The highest BCUT2D eigenvalue weighted by Crippen LogP contribution is 2.25. The molecule has 1 aliphatic rings. The average molecular weight is 263 g/mol. The van der Waals surface area contributed by atoms with E-state index in [1.165, 1.54) is 5.56 Å². The van der Waals surface area contributed by atoms with Crippen molar-refractivity contribution < 1.29 is 4.74 Å². The van der Waals surface area contributed by atoms with Gasteiger partial charge in [-0.1, -0.05) is 6.92 Å². The normalized spacial score (nSPS) is 22.5. The standard InChI is InChI=1S/C15H25N3O/c1-5-16-9-13-6-7-17-14(8-13)18-10-12(2)19-15(3,4)11-18/h6-8,12,16H,5,9-11H2,1-4H3. The van der Waals surface area contributed by atoms with E-state index in [0.717, 1.165) is 32.0 Å². The Morgan fingerprint density at radius 2 is 2.32 bits per heavy atom. The minimum atomic E-state index is -0.114. The first kappa shape index (κ1) is 14.3. The fourth-order valence-electron chi connectivity index (χ4n) is 2.64. The molecule has 0 bridgehead atoms. The molecule has 1 aliphatic heterocycles. The summed E-state index contributed by atoms with van der Waals surface area (Å²) in [4.78, 5) is 6.84. The minimum absolute atomic E-state index is 0.114. The summed E-state index contributed by atoms with van der Waals surface area (Å²) in [6, 6.07) is 4.25. The van der Waals surface area contributed by atoms with E-state index < -0.39 is 0 Å². The lowest BCUT2D eigenvalue weighted by atomic mass is 10.1. The quantitative estimate of drug-likeness (QED) is 0.903. The van der Waals surface area contributed by atoms with E-state index in [4.69, 9.17) is 4.74 Å². The molecule has 19 heavy (non-hydrogen) atoms. The minimum Gasteiger partial charge on any atom is -0.369 e. The Labute approximate surface area is 116 Å². The highest BCUT2D eigenvalue weighted by molar-refractivity contribution is 5.42. The van der Waals surface area contributed by atoms with Gasteiger partial charge in [-0.2, -0.15) is 0 Å². The van der Waals surface area contributed by atoms with Crippen molar-refractivity contribution in [1.29, 1.82) is 0 Å². The highest BCUT2D eigenvalue weighted by Gasteiger charge is 2.31. The van der Waals surface area contributed by atoms with E-state index in [0.29, 0.717) is 0 Å². The Morgan fingerprint density at radius 3 is 3.00 bits per heavy atom. The highest BCUT2D eigenvalue weighted by atomic mass is 16.5. The molecule has 2 rings (SSSR count). The number of pyridine rings is 1. The van der Waals surface area contributed by atoms with Gasteiger partial charge in [0.1, 0.15) is 5.82 Å². The Bertz CT molecular complexity index is 420. The van der Waals surface area contributed by atoms with Crippen molar-refractivity contribution in [2.75, 3.05) is 24.5 Å². The van der Waals surface area contributed by atoms with Crippen molar-refractivity contribution in [2.24, 2.45) is 0 Å². The van der Waals surface area contributed by atoms with Crippen molar-refractivity contribution in [2.45, 2.75) is 45.9 Å². The number of ether oxygens (including phenoxy) is 1. The third kappa shape index (κ3) is 3.91. The van der Waals surface area contributed by atoms with Crippen LogP contribution in [0.1, 0.15) is 33.3 Å². The zero-order valence-electron chi connectivity index (χ0n) is 12.4. The Morgan fingerprint density at radius 1 is 1.53 bits per heavy atom. The molecule has 1 atom stereocenters. The summed E-state index contributed by atoms with van der Waals surface area (Å²) >= 11 is 0. The van der Waals surface area contributed by atoms with Crippen molar-refractivity contribution >= 4 is 5.82 Å². The fraction of sp³-hybridized carbons (Fsp3) is 0.667. The van der Waals surface area contributed by atoms with Crippen molar-refractivity contribution in [3.63, 3.8) is 0 Å². The number of rotatable bonds is 4. The molecular formula is C15H25N3O. The molecule has 1 unspecified atom stereocenters. The van der Waals surface area contributed by atoms with Gasteiger partial charge in [-0.15, -0.1) is 0 Å². The number of nitrogens with zero attached hydrogens (tertiary/aromatic N) is 2. The van der Waals surface area contributed by atoms with Crippen LogP contribution in [0.2, 0.25) is 0 Å². The van der Waals surface area contributed by atoms with Crippen LogP contribution in [0.25, 0.3) is 0 Å². The van der Waals surface area contributed by atoms with Gasteiger partial charge < -0.3 is 15.0 Å². The molecule has 0 amide bonds. The van der Waals surface area contributed by atoms with Gasteiger partial charge in [-0.05, 0) is 45.0 Å². The van der Waals surface area contributed by atoms with Gasteiger partial charge >= 0.3 is 0 Å². The van der Waals surface area contributed by atoms with Gasteiger partial charge in [0.2, 0.25) is 0 Å². The summed E-state index contributed by atoms with van der Waals surface area (Å²) in [5.41, 5.74) is 1.17. The Hall–Kier alpha value is -1.13. The maximum Gasteiger partial charge on any atom is 0.128 e. The average Bonchev–Trinajstić information content (AvgIpc) is 2.34. The summed E-state index contributed by atoms with van der Waals surface area (Å²) in [5.74, 6) is 1.05. The van der Waals surface area contributed by atoms with Crippen LogP contribution in [0.5, 0.6) is 0 Å². The summed E-state index contributed by atoms with van der Waals surface area (Å²) in [5, 5.41) is 3.35. The second-order valence-electron chi connectivity index (χ2n) is 5.87. The largest absolute Gasteiger partial charge is 0.369 e.